The van der Waals surface area contributed by atoms with Gasteiger partial charge in [-0.1, -0.05) is 30.3 Å². The van der Waals surface area contributed by atoms with Gasteiger partial charge in [0.05, 0.1) is 13.1 Å². The Balaban J connectivity index is 1.98. The lowest BCUT2D eigenvalue weighted by molar-refractivity contribution is 0.665. The van der Waals surface area contributed by atoms with Gasteiger partial charge in [0.1, 0.15) is 0 Å². The summed E-state index contributed by atoms with van der Waals surface area (Å²) in [5.74, 6) is 0.833. The number of aliphatic imine (C=N–C) groups is 1. The SMILES string of the molecule is CCNC(=NCc1ccc(Cn2ccccc2=O)cc1)NCC(C)(C)SC. The third-order valence-electron chi connectivity index (χ3n) is 4.27. The molecule has 0 amide bonds. The average molecular weight is 387 g/mol. The molecule has 0 spiro atoms. The molecule has 5 nitrogen and oxygen atoms in total. The fraction of sp³-hybridized carbons (Fsp3) is 0.429. The summed E-state index contributed by atoms with van der Waals surface area (Å²) in [6.45, 7) is 9.37. The van der Waals surface area contributed by atoms with Crippen molar-refractivity contribution in [3.8, 4) is 0 Å². The molecule has 1 aromatic heterocycles. The van der Waals surface area contributed by atoms with Crippen molar-refractivity contribution in [1.82, 2.24) is 15.2 Å². The molecule has 0 aliphatic heterocycles. The van der Waals surface area contributed by atoms with Gasteiger partial charge in [-0.15, -0.1) is 0 Å². The van der Waals surface area contributed by atoms with Crippen molar-refractivity contribution < 1.29 is 0 Å². The Labute approximate surface area is 166 Å². The van der Waals surface area contributed by atoms with Gasteiger partial charge >= 0.3 is 0 Å². The van der Waals surface area contributed by atoms with Crippen LogP contribution in [-0.2, 0) is 13.1 Å². The number of nitrogens with zero attached hydrogens (tertiary/aromatic N) is 2. The van der Waals surface area contributed by atoms with Crippen LogP contribution >= 0.6 is 11.8 Å². The van der Waals surface area contributed by atoms with Crippen LogP contribution in [0.2, 0.25) is 0 Å². The topological polar surface area (TPSA) is 58.4 Å². The molecule has 1 heterocycles. The normalized spacial score (nSPS) is 12.1. The van der Waals surface area contributed by atoms with Crippen LogP contribution in [0.5, 0.6) is 0 Å². The van der Waals surface area contributed by atoms with Crippen LogP contribution in [0.25, 0.3) is 0 Å². The van der Waals surface area contributed by atoms with Crippen LogP contribution in [-0.4, -0.2) is 34.6 Å². The summed E-state index contributed by atoms with van der Waals surface area (Å²) in [5.41, 5.74) is 2.25. The minimum atomic E-state index is 0.0145. The fourth-order valence-electron chi connectivity index (χ4n) is 2.42. The number of hydrogen-bond donors (Lipinski definition) is 2. The van der Waals surface area contributed by atoms with E-state index in [1.807, 2.05) is 24.0 Å². The highest BCUT2D eigenvalue weighted by atomic mass is 32.2. The molecule has 0 radical (unpaired) electrons. The van der Waals surface area contributed by atoms with E-state index < -0.39 is 0 Å². The number of hydrogen-bond acceptors (Lipinski definition) is 3. The number of thioether (sulfide) groups is 1. The molecule has 146 valence electrons. The van der Waals surface area contributed by atoms with Crippen molar-refractivity contribution >= 4 is 17.7 Å². The average Bonchev–Trinajstić information content (AvgIpc) is 2.67. The summed E-state index contributed by atoms with van der Waals surface area (Å²) in [4.78, 5) is 16.5. The maximum atomic E-state index is 11.8. The summed E-state index contributed by atoms with van der Waals surface area (Å²) in [5, 5.41) is 6.70. The maximum Gasteiger partial charge on any atom is 0.250 e. The second-order valence-corrected chi connectivity index (χ2v) is 8.51. The molecule has 0 fully saturated rings. The Morgan fingerprint density at radius 1 is 1.11 bits per heavy atom. The highest BCUT2D eigenvalue weighted by molar-refractivity contribution is 7.99. The molecule has 0 saturated heterocycles. The quantitative estimate of drug-likeness (QED) is 0.541. The van der Waals surface area contributed by atoms with Crippen LogP contribution in [0, 0.1) is 0 Å². The van der Waals surface area contributed by atoms with Crippen molar-refractivity contribution in [2.75, 3.05) is 19.3 Å². The lowest BCUT2D eigenvalue weighted by Crippen LogP contribution is -2.43. The number of nitrogens with one attached hydrogen (secondary N) is 2. The Hall–Kier alpha value is -2.21. The van der Waals surface area contributed by atoms with E-state index >= 15 is 0 Å². The predicted octanol–water partition coefficient (Wildman–Crippen LogP) is 3.09. The Kier molecular flexibility index (Phi) is 7.98. The van der Waals surface area contributed by atoms with Gasteiger partial charge in [0.25, 0.3) is 5.56 Å². The zero-order chi connectivity index (χ0) is 19.7. The molecule has 0 bridgehead atoms. The van der Waals surface area contributed by atoms with Gasteiger partial charge in [0.15, 0.2) is 5.96 Å². The van der Waals surface area contributed by atoms with Crippen LogP contribution in [0.3, 0.4) is 0 Å². The summed E-state index contributed by atoms with van der Waals surface area (Å²) in [6.07, 6.45) is 3.93. The number of pyridine rings is 1. The van der Waals surface area contributed by atoms with Crippen LogP contribution < -0.4 is 16.2 Å². The molecule has 0 atom stereocenters. The van der Waals surface area contributed by atoms with Gasteiger partial charge in [-0.05, 0) is 44.2 Å². The number of aromatic nitrogens is 1. The molecule has 0 unspecified atom stereocenters. The molecule has 6 heteroatoms. The van der Waals surface area contributed by atoms with E-state index in [0.29, 0.717) is 13.1 Å². The summed E-state index contributed by atoms with van der Waals surface area (Å²) < 4.78 is 1.86. The van der Waals surface area contributed by atoms with Gasteiger partial charge in [-0.25, -0.2) is 4.99 Å². The van der Waals surface area contributed by atoms with Gasteiger partial charge in [0.2, 0.25) is 0 Å². The minimum Gasteiger partial charge on any atom is -0.357 e. The predicted molar refractivity (Wildman–Crippen MR) is 117 cm³/mol. The number of benzene rings is 1. The first-order valence-corrected chi connectivity index (χ1v) is 10.5. The zero-order valence-corrected chi connectivity index (χ0v) is 17.5. The van der Waals surface area contributed by atoms with E-state index in [0.717, 1.165) is 30.2 Å². The van der Waals surface area contributed by atoms with Crippen molar-refractivity contribution in [2.24, 2.45) is 4.99 Å². The van der Waals surface area contributed by atoms with E-state index in [4.69, 9.17) is 0 Å². The largest absolute Gasteiger partial charge is 0.357 e. The highest BCUT2D eigenvalue weighted by Crippen LogP contribution is 2.19. The van der Waals surface area contributed by atoms with Crippen molar-refractivity contribution in [3.05, 3.63) is 70.1 Å². The molecule has 27 heavy (non-hydrogen) atoms. The molecule has 2 aromatic rings. The fourth-order valence-corrected chi connectivity index (χ4v) is 2.64. The Morgan fingerprint density at radius 3 is 2.44 bits per heavy atom. The van der Waals surface area contributed by atoms with E-state index in [9.17, 15) is 4.79 Å². The van der Waals surface area contributed by atoms with E-state index in [2.05, 4.69) is 66.9 Å². The lowest BCUT2D eigenvalue weighted by Gasteiger charge is -2.23. The zero-order valence-electron chi connectivity index (χ0n) is 16.7. The van der Waals surface area contributed by atoms with E-state index in [1.165, 1.54) is 0 Å². The minimum absolute atomic E-state index is 0.0145. The molecule has 2 N–H and O–H groups in total. The monoisotopic (exact) mass is 386 g/mol. The van der Waals surface area contributed by atoms with Crippen molar-refractivity contribution in [1.29, 1.82) is 0 Å². The third-order valence-corrected chi connectivity index (χ3v) is 5.52. The van der Waals surface area contributed by atoms with Crippen molar-refractivity contribution in [3.63, 3.8) is 0 Å². The van der Waals surface area contributed by atoms with Gasteiger partial charge in [-0.3, -0.25) is 4.79 Å². The second kappa shape index (κ2) is 10.2. The molecule has 1 aromatic carbocycles. The molecule has 0 aliphatic carbocycles. The smallest absolute Gasteiger partial charge is 0.250 e. The molecule has 0 saturated carbocycles. The number of guanidine groups is 1. The van der Waals surface area contributed by atoms with E-state index in [1.54, 1.807) is 16.7 Å². The van der Waals surface area contributed by atoms with Crippen molar-refractivity contribution in [2.45, 2.75) is 38.6 Å². The molecule has 0 aliphatic rings. The standard InChI is InChI=1S/C21H30N4OS/c1-5-22-20(24-16-21(2,3)27-4)23-14-17-9-11-18(12-10-17)15-25-13-7-6-8-19(25)26/h6-13H,5,14-16H2,1-4H3,(H2,22,23,24). The first-order valence-electron chi connectivity index (χ1n) is 9.24. The summed E-state index contributed by atoms with van der Waals surface area (Å²) in [6, 6.07) is 13.5. The van der Waals surface area contributed by atoms with E-state index in [-0.39, 0.29) is 10.3 Å². The number of rotatable bonds is 8. The highest BCUT2D eigenvalue weighted by Gasteiger charge is 2.16. The summed E-state index contributed by atoms with van der Waals surface area (Å²) in [7, 11) is 0. The van der Waals surface area contributed by atoms with Crippen LogP contribution in [0.4, 0.5) is 0 Å². The Morgan fingerprint density at radius 2 is 1.81 bits per heavy atom. The lowest BCUT2D eigenvalue weighted by atomic mass is 10.1. The third kappa shape index (κ3) is 7.13. The van der Waals surface area contributed by atoms with Crippen LogP contribution in [0.15, 0.2) is 58.4 Å². The second-order valence-electron chi connectivity index (χ2n) is 7.00. The Bertz CT molecular complexity index is 796. The van der Waals surface area contributed by atoms with Gasteiger partial charge < -0.3 is 15.2 Å². The first-order chi connectivity index (χ1) is 12.9. The van der Waals surface area contributed by atoms with Gasteiger partial charge in [0, 0.05) is 30.1 Å². The first kappa shape index (κ1) is 21.1. The molecule has 2 rings (SSSR count). The van der Waals surface area contributed by atoms with Crippen LogP contribution in [0.1, 0.15) is 31.9 Å². The van der Waals surface area contributed by atoms with Gasteiger partial charge in [-0.2, -0.15) is 11.8 Å². The maximum absolute atomic E-state index is 11.8. The molecular formula is C21H30N4OS. The molecular weight excluding hydrogens is 356 g/mol. The summed E-state index contributed by atoms with van der Waals surface area (Å²) >= 11 is 1.84.